The third kappa shape index (κ3) is 3.94. The van der Waals surface area contributed by atoms with Gasteiger partial charge in [-0.1, -0.05) is 0 Å². The lowest BCUT2D eigenvalue weighted by atomic mass is 9.99. The zero-order valence-electron chi connectivity index (χ0n) is 11.2. The van der Waals surface area contributed by atoms with E-state index in [1.54, 1.807) is 13.8 Å². The molecule has 1 rings (SSSR count). The van der Waals surface area contributed by atoms with E-state index in [1.807, 2.05) is 0 Å². The molecule has 8 heteroatoms. The SMILES string of the molecule is CC(C)(CC(N)=O)NC(=O)c1cc(N)ccc1[N+](=O)[O-]. The van der Waals surface area contributed by atoms with Crippen molar-refractivity contribution in [1.82, 2.24) is 5.32 Å². The second-order valence-electron chi connectivity index (χ2n) is 5.01. The fraction of sp³-hybridized carbons (Fsp3) is 0.333. The van der Waals surface area contributed by atoms with Gasteiger partial charge in [-0.2, -0.15) is 0 Å². The highest BCUT2D eigenvalue weighted by Gasteiger charge is 2.27. The minimum atomic E-state index is -0.915. The van der Waals surface area contributed by atoms with Crippen LogP contribution in [0.3, 0.4) is 0 Å². The fourth-order valence-corrected chi connectivity index (χ4v) is 1.75. The predicted molar refractivity (Wildman–Crippen MR) is 72.9 cm³/mol. The number of nitrogens with two attached hydrogens (primary N) is 2. The summed E-state index contributed by atoms with van der Waals surface area (Å²) < 4.78 is 0. The zero-order valence-corrected chi connectivity index (χ0v) is 11.2. The summed E-state index contributed by atoms with van der Waals surface area (Å²) in [5, 5.41) is 13.4. The normalized spacial score (nSPS) is 10.9. The van der Waals surface area contributed by atoms with Crippen molar-refractivity contribution in [2.75, 3.05) is 5.73 Å². The van der Waals surface area contributed by atoms with Crippen LogP contribution in [-0.2, 0) is 4.79 Å². The molecule has 0 unspecified atom stereocenters. The van der Waals surface area contributed by atoms with E-state index in [-0.39, 0.29) is 23.4 Å². The second kappa shape index (κ2) is 5.55. The first-order chi connectivity index (χ1) is 9.12. The number of primary amides is 1. The number of anilines is 1. The number of carbonyl (C=O) groups is 2. The molecule has 0 heterocycles. The largest absolute Gasteiger partial charge is 0.399 e. The summed E-state index contributed by atoms with van der Waals surface area (Å²) in [5.41, 5.74) is 9.41. The van der Waals surface area contributed by atoms with E-state index in [9.17, 15) is 19.7 Å². The number of rotatable bonds is 5. The van der Waals surface area contributed by atoms with Crippen molar-refractivity contribution in [3.8, 4) is 0 Å². The van der Waals surface area contributed by atoms with Crippen molar-refractivity contribution >= 4 is 23.2 Å². The summed E-state index contributed by atoms with van der Waals surface area (Å²) in [6.07, 6.45) is -0.0884. The van der Waals surface area contributed by atoms with Gasteiger partial charge in [-0.05, 0) is 26.0 Å². The third-order valence-electron chi connectivity index (χ3n) is 2.53. The molecule has 0 saturated heterocycles. The Balaban J connectivity index is 3.06. The van der Waals surface area contributed by atoms with Crippen LogP contribution in [0.4, 0.5) is 11.4 Å². The van der Waals surface area contributed by atoms with Gasteiger partial charge in [-0.3, -0.25) is 19.7 Å². The molecule has 1 aromatic carbocycles. The Hall–Kier alpha value is -2.64. The quantitative estimate of drug-likeness (QED) is 0.410. The minimum absolute atomic E-state index is 0.0884. The van der Waals surface area contributed by atoms with E-state index in [2.05, 4.69) is 5.32 Å². The molecule has 0 spiro atoms. The molecule has 0 bridgehead atoms. The first-order valence-electron chi connectivity index (χ1n) is 5.77. The standard InChI is InChI=1S/C12H16N4O4/c1-12(2,6-10(14)17)15-11(18)8-5-7(13)3-4-9(8)16(19)20/h3-5H,6,13H2,1-2H3,(H2,14,17)(H,15,18). The number of nitrogens with one attached hydrogen (secondary N) is 1. The first-order valence-corrected chi connectivity index (χ1v) is 5.77. The van der Waals surface area contributed by atoms with Crippen molar-refractivity contribution < 1.29 is 14.5 Å². The van der Waals surface area contributed by atoms with Crippen LogP contribution in [0.1, 0.15) is 30.6 Å². The number of nitro benzene ring substituents is 1. The maximum Gasteiger partial charge on any atom is 0.282 e. The van der Waals surface area contributed by atoms with Gasteiger partial charge in [0.1, 0.15) is 5.56 Å². The molecule has 8 nitrogen and oxygen atoms in total. The molecule has 0 atom stereocenters. The molecular weight excluding hydrogens is 264 g/mol. The first kappa shape index (κ1) is 15.4. The van der Waals surface area contributed by atoms with Crippen LogP contribution in [0.25, 0.3) is 0 Å². The third-order valence-corrected chi connectivity index (χ3v) is 2.53. The van der Waals surface area contributed by atoms with Crippen LogP contribution in [0.5, 0.6) is 0 Å². The molecule has 1 aromatic rings. The Labute approximate surface area is 115 Å². The molecule has 0 saturated carbocycles. The number of benzene rings is 1. The van der Waals surface area contributed by atoms with Gasteiger partial charge in [0, 0.05) is 23.7 Å². The summed E-state index contributed by atoms with van der Waals surface area (Å²) in [7, 11) is 0. The molecular formula is C12H16N4O4. The molecule has 20 heavy (non-hydrogen) atoms. The van der Waals surface area contributed by atoms with Crippen molar-refractivity contribution in [3.05, 3.63) is 33.9 Å². The van der Waals surface area contributed by atoms with Gasteiger partial charge in [-0.15, -0.1) is 0 Å². The molecule has 0 aromatic heterocycles. The highest BCUT2D eigenvalue weighted by Crippen LogP contribution is 2.22. The average Bonchev–Trinajstić information content (AvgIpc) is 2.25. The smallest absolute Gasteiger partial charge is 0.282 e. The highest BCUT2D eigenvalue weighted by atomic mass is 16.6. The zero-order chi connectivity index (χ0) is 15.5. The van der Waals surface area contributed by atoms with Crippen molar-refractivity contribution in [2.45, 2.75) is 25.8 Å². The van der Waals surface area contributed by atoms with Crippen LogP contribution in [0.2, 0.25) is 0 Å². The Morgan fingerprint density at radius 1 is 1.40 bits per heavy atom. The lowest BCUT2D eigenvalue weighted by Crippen LogP contribution is -2.46. The molecule has 0 aliphatic carbocycles. The Kier molecular flexibility index (Phi) is 4.28. The van der Waals surface area contributed by atoms with E-state index in [0.29, 0.717) is 0 Å². The molecule has 0 aliphatic rings. The summed E-state index contributed by atoms with van der Waals surface area (Å²) in [6.45, 7) is 3.18. The monoisotopic (exact) mass is 280 g/mol. The highest BCUT2D eigenvalue weighted by molar-refractivity contribution is 5.99. The summed E-state index contributed by atoms with van der Waals surface area (Å²) in [4.78, 5) is 33.2. The second-order valence-corrected chi connectivity index (χ2v) is 5.01. The van der Waals surface area contributed by atoms with Gasteiger partial charge in [0.2, 0.25) is 5.91 Å². The number of hydrogen-bond acceptors (Lipinski definition) is 5. The van der Waals surface area contributed by atoms with Gasteiger partial charge in [0.15, 0.2) is 0 Å². The van der Waals surface area contributed by atoms with Crippen molar-refractivity contribution in [1.29, 1.82) is 0 Å². The van der Waals surface area contributed by atoms with Gasteiger partial charge in [0.25, 0.3) is 11.6 Å². The van der Waals surface area contributed by atoms with Crippen LogP contribution >= 0.6 is 0 Å². The van der Waals surface area contributed by atoms with E-state index in [4.69, 9.17) is 11.5 Å². The Morgan fingerprint density at radius 2 is 2.00 bits per heavy atom. The van der Waals surface area contributed by atoms with Crippen LogP contribution in [-0.4, -0.2) is 22.3 Å². The van der Waals surface area contributed by atoms with Crippen LogP contribution < -0.4 is 16.8 Å². The summed E-state index contributed by atoms with van der Waals surface area (Å²) in [6, 6.07) is 3.71. The summed E-state index contributed by atoms with van der Waals surface area (Å²) in [5.74, 6) is -1.27. The molecule has 0 radical (unpaired) electrons. The van der Waals surface area contributed by atoms with Crippen molar-refractivity contribution in [2.24, 2.45) is 5.73 Å². The van der Waals surface area contributed by atoms with E-state index in [0.717, 1.165) is 6.07 Å². The lowest BCUT2D eigenvalue weighted by Gasteiger charge is -2.24. The van der Waals surface area contributed by atoms with E-state index in [1.165, 1.54) is 12.1 Å². The molecule has 0 aliphatic heterocycles. The van der Waals surface area contributed by atoms with E-state index < -0.39 is 22.3 Å². The maximum absolute atomic E-state index is 12.1. The van der Waals surface area contributed by atoms with Crippen LogP contribution in [0.15, 0.2) is 18.2 Å². The number of nitrogen functional groups attached to an aromatic ring is 1. The topological polar surface area (TPSA) is 141 Å². The number of nitro groups is 1. The van der Waals surface area contributed by atoms with Gasteiger partial charge >= 0.3 is 0 Å². The number of carbonyl (C=O) groups excluding carboxylic acids is 2. The van der Waals surface area contributed by atoms with Gasteiger partial charge < -0.3 is 16.8 Å². The Morgan fingerprint density at radius 3 is 2.50 bits per heavy atom. The predicted octanol–water partition coefficient (Wildman–Crippen LogP) is 0.561. The molecule has 5 N–H and O–H groups in total. The number of nitrogens with zero attached hydrogens (tertiary/aromatic N) is 1. The van der Waals surface area contributed by atoms with Crippen LogP contribution in [0, 0.1) is 10.1 Å². The average molecular weight is 280 g/mol. The molecule has 0 fully saturated rings. The van der Waals surface area contributed by atoms with E-state index >= 15 is 0 Å². The minimum Gasteiger partial charge on any atom is -0.399 e. The number of hydrogen-bond donors (Lipinski definition) is 3. The fourth-order valence-electron chi connectivity index (χ4n) is 1.75. The lowest BCUT2D eigenvalue weighted by molar-refractivity contribution is -0.385. The molecule has 2 amide bonds. The number of amides is 2. The van der Waals surface area contributed by atoms with Gasteiger partial charge in [0.05, 0.1) is 4.92 Å². The molecule has 108 valence electrons. The maximum atomic E-state index is 12.1. The Bertz CT molecular complexity index is 569. The summed E-state index contributed by atoms with van der Waals surface area (Å²) >= 11 is 0. The van der Waals surface area contributed by atoms with Gasteiger partial charge in [-0.25, -0.2) is 0 Å². The van der Waals surface area contributed by atoms with Crippen molar-refractivity contribution in [3.63, 3.8) is 0 Å².